The second-order valence-corrected chi connectivity index (χ2v) is 8.38. The smallest absolute Gasteiger partial charge is 0.0449 e. The number of rotatable bonds is 4. The average Bonchev–Trinajstić information content (AvgIpc) is 3.34. The van der Waals surface area contributed by atoms with Crippen molar-refractivity contribution in [3.63, 3.8) is 0 Å². The highest BCUT2D eigenvalue weighted by Gasteiger charge is 2.41. The van der Waals surface area contributed by atoms with Crippen LogP contribution in [0.4, 0.5) is 11.4 Å². The summed E-state index contributed by atoms with van der Waals surface area (Å²) in [6, 6.07) is 17.0. The summed E-state index contributed by atoms with van der Waals surface area (Å²) in [4.78, 5) is 2.62. The summed E-state index contributed by atoms with van der Waals surface area (Å²) in [7, 11) is 0. The Labute approximate surface area is 169 Å². The Bertz CT molecular complexity index is 931. The van der Waals surface area contributed by atoms with Crippen molar-refractivity contribution < 1.29 is 0 Å². The molecule has 2 aliphatic carbocycles. The van der Waals surface area contributed by atoms with Crippen molar-refractivity contribution in [1.82, 2.24) is 0 Å². The van der Waals surface area contributed by atoms with Gasteiger partial charge in [-0.25, -0.2) is 0 Å². The third-order valence-corrected chi connectivity index (χ3v) is 6.69. The van der Waals surface area contributed by atoms with E-state index in [1.807, 2.05) is 0 Å². The number of hydrogen-bond donors (Lipinski definition) is 0. The SMILES string of the molecule is CCc1ccc2c(c1)C1CCCC1N2c1ccc(/C=C/C2C=CC=CC2)cc1. The van der Waals surface area contributed by atoms with Gasteiger partial charge >= 0.3 is 0 Å². The predicted molar refractivity (Wildman–Crippen MR) is 120 cm³/mol. The first kappa shape index (κ1) is 17.6. The summed E-state index contributed by atoms with van der Waals surface area (Å²) in [6.07, 6.45) is 19.6. The summed E-state index contributed by atoms with van der Waals surface area (Å²) >= 11 is 0. The Morgan fingerprint density at radius 2 is 1.93 bits per heavy atom. The summed E-state index contributed by atoms with van der Waals surface area (Å²) in [5, 5.41) is 0. The molecule has 1 fully saturated rings. The van der Waals surface area contributed by atoms with E-state index in [2.05, 4.69) is 90.7 Å². The third kappa shape index (κ3) is 3.13. The highest BCUT2D eigenvalue weighted by atomic mass is 15.2. The average molecular weight is 368 g/mol. The van der Waals surface area contributed by atoms with E-state index in [-0.39, 0.29) is 0 Å². The Hall–Kier alpha value is -2.54. The van der Waals surface area contributed by atoms with Gasteiger partial charge in [-0.2, -0.15) is 0 Å². The van der Waals surface area contributed by atoms with Crippen molar-refractivity contribution >= 4 is 17.5 Å². The molecule has 0 amide bonds. The fourth-order valence-corrected chi connectivity index (χ4v) is 5.18. The zero-order valence-corrected chi connectivity index (χ0v) is 16.7. The van der Waals surface area contributed by atoms with E-state index in [0.29, 0.717) is 17.9 Å². The predicted octanol–water partition coefficient (Wildman–Crippen LogP) is 7.18. The summed E-state index contributed by atoms with van der Waals surface area (Å²) in [6.45, 7) is 2.26. The number of benzene rings is 2. The van der Waals surface area contributed by atoms with Gasteiger partial charge < -0.3 is 4.90 Å². The molecule has 2 aromatic carbocycles. The maximum atomic E-state index is 2.62. The molecular formula is C27H29N. The fraction of sp³-hybridized carbons (Fsp3) is 0.333. The molecule has 28 heavy (non-hydrogen) atoms. The largest absolute Gasteiger partial charge is 0.338 e. The molecule has 1 aliphatic heterocycles. The van der Waals surface area contributed by atoms with Gasteiger partial charge in [0.15, 0.2) is 0 Å². The third-order valence-electron chi connectivity index (χ3n) is 6.69. The van der Waals surface area contributed by atoms with Crippen LogP contribution in [0.2, 0.25) is 0 Å². The number of anilines is 2. The number of hydrogen-bond acceptors (Lipinski definition) is 1. The molecule has 1 saturated carbocycles. The van der Waals surface area contributed by atoms with Gasteiger partial charge in [0.2, 0.25) is 0 Å². The van der Waals surface area contributed by atoms with Crippen LogP contribution in [0, 0.1) is 5.92 Å². The second kappa shape index (κ2) is 7.47. The van der Waals surface area contributed by atoms with E-state index in [1.54, 1.807) is 5.56 Å². The van der Waals surface area contributed by atoms with Crippen molar-refractivity contribution in [3.05, 3.63) is 89.5 Å². The lowest BCUT2D eigenvalue weighted by molar-refractivity contribution is 0.641. The highest BCUT2D eigenvalue weighted by Crippen LogP contribution is 2.52. The Morgan fingerprint density at radius 3 is 2.71 bits per heavy atom. The van der Waals surface area contributed by atoms with Crippen molar-refractivity contribution in [1.29, 1.82) is 0 Å². The molecule has 0 N–H and O–H groups in total. The molecule has 1 nitrogen and oxygen atoms in total. The first-order chi connectivity index (χ1) is 13.8. The van der Waals surface area contributed by atoms with Gasteiger partial charge in [-0.15, -0.1) is 0 Å². The monoisotopic (exact) mass is 367 g/mol. The minimum absolute atomic E-state index is 0.530. The molecule has 142 valence electrons. The molecule has 1 heterocycles. The van der Waals surface area contributed by atoms with Gasteiger partial charge in [-0.3, -0.25) is 0 Å². The molecule has 1 heteroatoms. The quantitative estimate of drug-likeness (QED) is 0.553. The Kier molecular flexibility index (Phi) is 4.68. The van der Waals surface area contributed by atoms with Gasteiger partial charge in [0, 0.05) is 23.3 Å². The zero-order valence-electron chi connectivity index (χ0n) is 16.7. The lowest BCUT2D eigenvalue weighted by Gasteiger charge is -2.27. The lowest BCUT2D eigenvalue weighted by atomic mass is 9.95. The molecule has 3 unspecified atom stereocenters. The van der Waals surface area contributed by atoms with E-state index in [0.717, 1.165) is 12.8 Å². The van der Waals surface area contributed by atoms with Crippen LogP contribution in [0.5, 0.6) is 0 Å². The van der Waals surface area contributed by atoms with Crippen molar-refractivity contribution in [2.45, 2.75) is 51.0 Å². The normalized spacial score (nSPS) is 25.5. The molecule has 0 saturated heterocycles. The highest BCUT2D eigenvalue weighted by molar-refractivity contribution is 5.74. The molecule has 0 radical (unpaired) electrons. The second-order valence-electron chi connectivity index (χ2n) is 8.38. The van der Waals surface area contributed by atoms with Crippen LogP contribution < -0.4 is 4.90 Å². The minimum atomic E-state index is 0.530. The standard InChI is InChI=1S/C27H29N/c1-2-20-15-18-27-25(19-20)24-9-6-10-26(24)28(27)23-16-13-22(14-17-23)12-11-21-7-4-3-5-8-21/h3-5,7,11-19,21,24,26H,2,6,8-10H2,1H3/b12-11+. The first-order valence-corrected chi connectivity index (χ1v) is 10.9. The van der Waals surface area contributed by atoms with Crippen molar-refractivity contribution in [2.24, 2.45) is 5.92 Å². The topological polar surface area (TPSA) is 3.24 Å². The van der Waals surface area contributed by atoms with Crippen molar-refractivity contribution in [2.75, 3.05) is 4.90 Å². The summed E-state index contributed by atoms with van der Waals surface area (Å²) in [5.74, 6) is 1.24. The number of allylic oxidation sites excluding steroid dienone is 5. The summed E-state index contributed by atoms with van der Waals surface area (Å²) < 4.78 is 0. The van der Waals surface area contributed by atoms with Crippen LogP contribution >= 0.6 is 0 Å². The van der Waals surface area contributed by atoms with Crippen LogP contribution in [-0.4, -0.2) is 6.04 Å². The molecule has 0 aromatic heterocycles. The molecule has 0 spiro atoms. The van der Waals surface area contributed by atoms with Gasteiger partial charge in [0.05, 0.1) is 0 Å². The van der Waals surface area contributed by atoms with Crippen molar-refractivity contribution in [3.8, 4) is 0 Å². The van der Waals surface area contributed by atoms with Crippen LogP contribution in [0.25, 0.3) is 6.08 Å². The van der Waals surface area contributed by atoms with Crippen LogP contribution in [-0.2, 0) is 6.42 Å². The Morgan fingerprint density at radius 1 is 1.04 bits per heavy atom. The molecule has 3 atom stereocenters. The number of nitrogens with zero attached hydrogens (tertiary/aromatic N) is 1. The van der Waals surface area contributed by atoms with E-state index in [9.17, 15) is 0 Å². The van der Waals surface area contributed by atoms with E-state index in [1.165, 1.54) is 41.8 Å². The maximum absolute atomic E-state index is 2.62. The molecule has 5 rings (SSSR count). The van der Waals surface area contributed by atoms with E-state index >= 15 is 0 Å². The number of fused-ring (bicyclic) bond motifs is 3. The molecule has 3 aliphatic rings. The van der Waals surface area contributed by atoms with Gasteiger partial charge in [0.25, 0.3) is 0 Å². The lowest BCUT2D eigenvalue weighted by Crippen LogP contribution is -2.26. The van der Waals surface area contributed by atoms with Crippen LogP contribution in [0.15, 0.2) is 72.8 Å². The molecule has 0 bridgehead atoms. The molecular weight excluding hydrogens is 338 g/mol. The number of aryl methyl sites for hydroxylation is 1. The molecule has 2 aromatic rings. The fourth-order valence-electron chi connectivity index (χ4n) is 5.18. The van der Waals surface area contributed by atoms with Crippen LogP contribution in [0.1, 0.15) is 55.2 Å². The van der Waals surface area contributed by atoms with Gasteiger partial charge in [-0.05, 0) is 66.5 Å². The zero-order chi connectivity index (χ0) is 18.9. The maximum Gasteiger partial charge on any atom is 0.0449 e. The summed E-state index contributed by atoms with van der Waals surface area (Å²) in [5.41, 5.74) is 7.13. The minimum Gasteiger partial charge on any atom is -0.338 e. The van der Waals surface area contributed by atoms with E-state index < -0.39 is 0 Å². The van der Waals surface area contributed by atoms with E-state index in [4.69, 9.17) is 0 Å². The van der Waals surface area contributed by atoms with Crippen LogP contribution in [0.3, 0.4) is 0 Å². The first-order valence-electron chi connectivity index (χ1n) is 10.9. The van der Waals surface area contributed by atoms with Gasteiger partial charge in [-0.1, -0.05) is 74.1 Å². The Balaban J connectivity index is 1.41. The van der Waals surface area contributed by atoms with Gasteiger partial charge in [0.1, 0.15) is 0 Å².